The molecule has 1 atom stereocenters. The number of nitrogens with zero attached hydrogens (tertiary/aromatic N) is 1. The third-order valence-electron chi connectivity index (χ3n) is 2.61. The van der Waals surface area contributed by atoms with Gasteiger partial charge in [0.25, 0.3) is 0 Å². The van der Waals surface area contributed by atoms with E-state index in [1.54, 1.807) is 7.11 Å². The van der Waals surface area contributed by atoms with Crippen molar-refractivity contribution in [2.75, 3.05) is 40.1 Å². The topological polar surface area (TPSA) is 58.6 Å². The lowest BCUT2D eigenvalue weighted by Crippen LogP contribution is -2.15. The maximum Gasteiger partial charge on any atom is 0.0701 e. The van der Waals surface area contributed by atoms with Gasteiger partial charge in [-0.2, -0.15) is 0 Å². The Morgan fingerprint density at radius 3 is 2.50 bits per heavy atom. The molecule has 18 heavy (non-hydrogen) atoms. The molecule has 5 heteroatoms. The average molecular weight is 256 g/mol. The van der Waals surface area contributed by atoms with Gasteiger partial charge in [0, 0.05) is 31.6 Å². The van der Waals surface area contributed by atoms with E-state index in [0.717, 1.165) is 12.2 Å². The first-order valence-corrected chi connectivity index (χ1v) is 6.30. The summed E-state index contributed by atoms with van der Waals surface area (Å²) >= 11 is 0. The highest BCUT2D eigenvalue weighted by atomic mass is 16.5. The molecule has 1 aromatic heterocycles. The Bertz CT molecular complexity index is 313. The molecule has 1 rings (SSSR count). The molecule has 0 saturated heterocycles. The van der Waals surface area contributed by atoms with Crippen molar-refractivity contribution in [1.29, 1.82) is 0 Å². The highest BCUT2D eigenvalue weighted by Crippen LogP contribution is 2.10. The molecule has 0 aliphatic carbocycles. The number of nitrogens with two attached hydrogens (primary N) is 1. The van der Waals surface area contributed by atoms with Gasteiger partial charge in [0.1, 0.15) is 0 Å². The fourth-order valence-electron chi connectivity index (χ4n) is 1.67. The van der Waals surface area contributed by atoms with Crippen LogP contribution in [0.2, 0.25) is 0 Å². The highest BCUT2D eigenvalue weighted by Gasteiger charge is 2.04. The molecule has 104 valence electrons. The van der Waals surface area contributed by atoms with Crippen molar-refractivity contribution >= 4 is 0 Å². The van der Waals surface area contributed by atoms with Gasteiger partial charge in [-0.1, -0.05) is 0 Å². The van der Waals surface area contributed by atoms with Crippen molar-refractivity contribution < 1.29 is 14.2 Å². The standard InChI is InChI=1S/C13H24N2O3/c1-12(14)13-4-3-5-15(13)6-7-17-10-11-18-9-8-16-2/h3-5,12H,6-11,14H2,1-2H3. The van der Waals surface area contributed by atoms with Crippen molar-refractivity contribution in [1.82, 2.24) is 4.57 Å². The largest absolute Gasteiger partial charge is 0.382 e. The van der Waals surface area contributed by atoms with E-state index in [1.807, 2.05) is 25.3 Å². The number of hydrogen-bond acceptors (Lipinski definition) is 4. The average Bonchev–Trinajstić information content (AvgIpc) is 2.81. The molecular formula is C13H24N2O3. The van der Waals surface area contributed by atoms with Crippen LogP contribution in [-0.4, -0.2) is 44.7 Å². The summed E-state index contributed by atoms with van der Waals surface area (Å²) in [5.41, 5.74) is 7.00. The number of hydrogen-bond donors (Lipinski definition) is 1. The minimum Gasteiger partial charge on any atom is -0.382 e. The molecule has 5 nitrogen and oxygen atoms in total. The van der Waals surface area contributed by atoms with E-state index in [4.69, 9.17) is 19.9 Å². The van der Waals surface area contributed by atoms with Crippen LogP contribution in [0.15, 0.2) is 18.3 Å². The van der Waals surface area contributed by atoms with E-state index in [9.17, 15) is 0 Å². The Morgan fingerprint density at radius 2 is 1.83 bits per heavy atom. The van der Waals surface area contributed by atoms with Crippen LogP contribution in [-0.2, 0) is 20.8 Å². The van der Waals surface area contributed by atoms with Gasteiger partial charge in [-0.05, 0) is 19.1 Å². The van der Waals surface area contributed by atoms with Crippen LogP contribution in [0.4, 0.5) is 0 Å². The molecule has 2 N–H and O–H groups in total. The Balaban J connectivity index is 2.05. The van der Waals surface area contributed by atoms with Crippen LogP contribution >= 0.6 is 0 Å². The van der Waals surface area contributed by atoms with E-state index in [1.165, 1.54) is 0 Å². The minimum atomic E-state index is 0.0531. The molecule has 0 aromatic carbocycles. The third kappa shape index (κ3) is 5.64. The summed E-state index contributed by atoms with van der Waals surface area (Å²) in [4.78, 5) is 0. The smallest absolute Gasteiger partial charge is 0.0701 e. The van der Waals surface area contributed by atoms with Crippen LogP contribution in [0.5, 0.6) is 0 Å². The molecule has 1 heterocycles. The van der Waals surface area contributed by atoms with Gasteiger partial charge in [-0.25, -0.2) is 0 Å². The van der Waals surface area contributed by atoms with Gasteiger partial charge in [-0.3, -0.25) is 0 Å². The van der Waals surface area contributed by atoms with E-state index in [2.05, 4.69) is 4.57 Å². The van der Waals surface area contributed by atoms with Gasteiger partial charge in [-0.15, -0.1) is 0 Å². The van der Waals surface area contributed by atoms with E-state index < -0.39 is 0 Å². The normalized spacial score (nSPS) is 12.8. The number of methoxy groups -OCH3 is 1. The van der Waals surface area contributed by atoms with E-state index in [-0.39, 0.29) is 6.04 Å². The van der Waals surface area contributed by atoms with Gasteiger partial charge < -0.3 is 24.5 Å². The zero-order chi connectivity index (χ0) is 13.2. The van der Waals surface area contributed by atoms with Gasteiger partial charge in [0.15, 0.2) is 0 Å². The van der Waals surface area contributed by atoms with Gasteiger partial charge in [0.05, 0.1) is 33.0 Å². The molecule has 0 amide bonds. The lowest BCUT2D eigenvalue weighted by molar-refractivity contribution is 0.0229. The summed E-state index contributed by atoms with van der Waals surface area (Å²) in [7, 11) is 1.66. The summed E-state index contributed by atoms with van der Waals surface area (Å²) in [6, 6.07) is 4.10. The van der Waals surface area contributed by atoms with Crippen LogP contribution < -0.4 is 5.73 Å². The van der Waals surface area contributed by atoms with E-state index >= 15 is 0 Å². The van der Waals surface area contributed by atoms with Crippen molar-refractivity contribution in [3.8, 4) is 0 Å². The Kier molecular flexibility index (Phi) is 7.68. The maximum atomic E-state index is 5.86. The first kappa shape index (κ1) is 15.2. The second-order valence-corrected chi connectivity index (χ2v) is 4.13. The molecule has 0 saturated carbocycles. The first-order valence-electron chi connectivity index (χ1n) is 6.30. The summed E-state index contributed by atoms with van der Waals surface area (Å²) in [5.74, 6) is 0. The molecule has 1 unspecified atom stereocenters. The van der Waals surface area contributed by atoms with Gasteiger partial charge >= 0.3 is 0 Å². The third-order valence-corrected chi connectivity index (χ3v) is 2.61. The second kappa shape index (κ2) is 9.10. The van der Waals surface area contributed by atoms with Crippen LogP contribution in [0.25, 0.3) is 0 Å². The van der Waals surface area contributed by atoms with Crippen molar-refractivity contribution in [2.45, 2.75) is 19.5 Å². The number of rotatable bonds is 10. The van der Waals surface area contributed by atoms with Crippen molar-refractivity contribution in [3.05, 3.63) is 24.0 Å². The molecule has 0 radical (unpaired) electrons. The minimum absolute atomic E-state index is 0.0531. The van der Waals surface area contributed by atoms with Crippen LogP contribution in [0.1, 0.15) is 18.7 Å². The second-order valence-electron chi connectivity index (χ2n) is 4.13. The Labute approximate surface area is 109 Å². The lowest BCUT2D eigenvalue weighted by Gasteiger charge is -2.12. The van der Waals surface area contributed by atoms with Crippen molar-refractivity contribution in [3.63, 3.8) is 0 Å². The number of aromatic nitrogens is 1. The maximum absolute atomic E-state index is 5.86. The van der Waals surface area contributed by atoms with E-state index in [0.29, 0.717) is 33.0 Å². The van der Waals surface area contributed by atoms with Crippen LogP contribution in [0, 0.1) is 0 Å². The molecule has 0 fully saturated rings. The predicted molar refractivity (Wildman–Crippen MR) is 70.5 cm³/mol. The molecule has 0 aliphatic rings. The fraction of sp³-hybridized carbons (Fsp3) is 0.692. The Morgan fingerprint density at radius 1 is 1.17 bits per heavy atom. The summed E-state index contributed by atoms with van der Waals surface area (Å²) in [6.45, 7) is 5.93. The number of ether oxygens (including phenoxy) is 3. The Hall–Kier alpha value is -0.880. The monoisotopic (exact) mass is 256 g/mol. The molecule has 0 spiro atoms. The zero-order valence-electron chi connectivity index (χ0n) is 11.3. The summed E-state index contributed by atoms with van der Waals surface area (Å²) in [6.07, 6.45) is 2.02. The lowest BCUT2D eigenvalue weighted by atomic mass is 10.2. The zero-order valence-corrected chi connectivity index (χ0v) is 11.3. The molecule has 0 bridgehead atoms. The molecule has 1 aromatic rings. The molecule has 0 aliphatic heterocycles. The molecular weight excluding hydrogens is 232 g/mol. The summed E-state index contributed by atoms with van der Waals surface area (Å²) < 4.78 is 17.8. The highest BCUT2D eigenvalue weighted by molar-refractivity contribution is 5.10. The summed E-state index contributed by atoms with van der Waals surface area (Å²) in [5, 5.41) is 0. The first-order chi connectivity index (χ1) is 8.75. The fourth-order valence-corrected chi connectivity index (χ4v) is 1.67. The van der Waals surface area contributed by atoms with Crippen molar-refractivity contribution in [2.24, 2.45) is 5.73 Å². The SMILES string of the molecule is COCCOCCOCCn1cccc1C(C)N. The quantitative estimate of drug-likeness (QED) is 0.639. The van der Waals surface area contributed by atoms with Crippen LogP contribution in [0.3, 0.4) is 0 Å². The predicted octanol–water partition coefficient (Wildman–Crippen LogP) is 1.19. The van der Waals surface area contributed by atoms with Gasteiger partial charge in [0.2, 0.25) is 0 Å².